The molecule has 0 aliphatic rings. The zero-order chi connectivity index (χ0) is 16.3. The van der Waals surface area contributed by atoms with Gasteiger partial charge in [-0.3, -0.25) is 0 Å². The van der Waals surface area contributed by atoms with Crippen molar-refractivity contribution in [3.8, 4) is 0 Å². The molecule has 2 N–H and O–H groups in total. The summed E-state index contributed by atoms with van der Waals surface area (Å²) >= 11 is 5.85. The third-order valence-corrected chi connectivity index (χ3v) is 5.14. The summed E-state index contributed by atoms with van der Waals surface area (Å²) in [5.41, 5.74) is -0.180. The summed E-state index contributed by atoms with van der Waals surface area (Å²) in [5, 5.41) is 2.77. The molecule has 120 valence electrons. The van der Waals surface area contributed by atoms with Crippen molar-refractivity contribution < 1.29 is 12.8 Å². The van der Waals surface area contributed by atoms with Crippen LogP contribution in [0.15, 0.2) is 17.0 Å². The summed E-state index contributed by atoms with van der Waals surface area (Å²) < 4.78 is 41.2. The maximum absolute atomic E-state index is 13.8. The van der Waals surface area contributed by atoms with E-state index in [2.05, 4.69) is 10.0 Å². The van der Waals surface area contributed by atoms with Gasteiger partial charge in [0.25, 0.3) is 0 Å². The molecule has 0 heterocycles. The fourth-order valence-electron chi connectivity index (χ4n) is 2.19. The van der Waals surface area contributed by atoms with Crippen molar-refractivity contribution in [1.82, 2.24) is 10.0 Å². The Bertz CT molecular complexity index is 603. The Labute approximate surface area is 131 Å². The molecule has 0 amide bonds. The summed E-state index contributed by atoms with van der Waals surface area (Å²) in [4.78, 5) is -0.112. The fourth-order valence-corrected chi connectivity index (χ4v) is 3.87. The average molecular weight is 337 g/mol. The molecule has 0 atom stereocenters. The van der Waals surface area contributed by atoms with E-state index >= 15 is 0 Å². The number of halogens is 2. The SMILES string of the molecule is CCCC(C)(C)NS(=O)(=O)c1cc(F)c(Cl)c(CNC)c1. The van der Waals surface area contributed by atoms with E-state index in [4.69, 9.17) is 11.6 Å². The number of sulfonamides is 1. The summed E-state index contributed by atoms with van der Waals surface area (Å²) in [6.45, 7) is 5.87. The highest BCUT2D eigenvalue weighted by molar-refractivity contribution is 7.89. The standard InChI is InChI=1S/C14H22ClFN2O2S/c1-5-6-14(2,3)18-21(19,20)11-7-10(9-17-4)13(15)12(16)8-11/h7-8,17-18H,5-6,9H2,1-4H3. The third kappa shape index (κ3) is 4.92. The monoisotopic (exact) mass is 336 g/mol. The second-order valence-electron chi connectivity index (χ2n) is 5.65. The van der Waals surface area contributed by atoms with Crippen LogP contribution < -0.4 is 10.0 Å². The first-order valence-electron chi connectivity index (χ1n) is 6.79. The minimum absolute atomic E-state index is 0.0591. The van der Waals surface area contributed by atoms with E-state index < -0.39 is 21.4 Å². The Morgan fingerprint density at radius 1 is 1.33 bits per heavy atom. The van der Waals surface area contributed by atoms with Crippen LogP contribution in [0.1, 0.15) is 39.2 Å². The van der Waals surface area contributed by atoms with Gasteiger partial charge < -0.3 is 5.32 Å². The van der Waals surface area contributed by atoms with Gasteiger partial charge in [0.1, 0.15) is 5.82 Å². The van der Waals surface area contributed by atoms with Crippen LogP contribution >= 0.6 is 11.6 Å². The Balaban J connectivity index is 3.20. The lowest BCUT2D eigenvalue weighted by atomic mass is 10.0. The lowest BCUT2D eigenvalue weighted by molar-refractivity contribution is 0.417. The zero-order valence-electron chi connectivity index (χ0n) is 12.8. The predicted octanol–water partition coefficient (Wildman–Crippen LogP) is 3.06. The molecule has 1 rings (SSSR count). The molecule has 0 saturated heterocycles. The van der Waals surface area contributed by atoms with E-state index in [9.17, 15) is 12.8 Å². The second kappa shape index (κ2) is 7.05. The van der Waals surface area contributed by atoms with Gasteiger partial charge in [-0.05, 0) is 45.0 Å². The highest BCUT2D eigenvalue weighted by atomic mass is 35.5. The molecule has 4 nitrogen and oxygen atoms in total. The van der Waals surface area contributed by atoms with Crippen molar-refractivity contribution >= 4 is 21.6 Å². The van der Waals surface area contributed by atoms with Crippen LogP contribution in [-0.2, 0) is 16.6 Å². The van der Waals surface area contributed by atoms with Crippen LogP contribution in [0, 0.1) is 5.82 Å². The number of nitrogens with one attached hydrogen (secondary N) is 2. The summed E-state index contributed by atoms with van der Waals surface area (Å²) in [6.07, 6.45) is 1.53. The lowest BCUT2D eigenvalue weighted by Crippen LogP contribution is -2.43. The Morgan fingerprint density at radius 3 is 2.48 bits per heavy atom. The minimum atomic E-state index is -3.80. The highest BCUT2D eigenvalue weighted by Gasteiger charge is 2.26. The van der Waals surface area contributed by atoms with Crippen LogP contribution in [0.25, 0.3) is 0 Å². The van der Waals surface area contributed by atoms with E-state index in [1.54, 1.807) is 20.9 Å². The lowest BCUT2D eigenvalue weighted by Gasteiger charge is -2.25. The van der Waals surface area contributed by atoms with Gasteiger partial charge in [-0.1, -0.05) is 24.9 Å². The van der Waals surface area contributed by atoms with Crippen LogP contribution in [0.4, 0.5) is 4.39 Å². The average Bonchev–Trinajstić information content (AvgIpc) is 2.33. The van der Waals surface area contributed by atoms with Gasteiger partial charge in [-0.2, -0.15) is 0 Å². The number of benzene rings is 1. The van der Waals surface area contributed by atoms with Gasteiger partial charge in [0.05, 0.1) is 9.92 Å². The maximum atomic E-state index is 13.8. The second-order valence-corrected chi connectivity index (χ2v) is 7.71. The third-order valence-electron chi connectivity index (χ3n) is 3.04. The van der Waals surface area contributed by atoms with Gasteiger partial charge in [0.15, 0.2) is 0 Å². The molecule has 0 unspecified atom stereocenters. The van der Waals surface area contributed by atoms with Crippen molar-refractivity contribution in [1.29, 1.82) is 0 Å². The normalized spacial score (nSPS) is 12.7. The predicted molar refractivity (Wildman–Crippen MR) is 83.5 cm³/mol. The first kappa shape index (κ1) is 18.4. The van der Waals surface area contributed by atoms with Crippen molar-refractivity contribution in [2.24, 2.45) is 0 Å². The van der Waals surface area contributed by atoms with Crippen LogP contribution in [0.3, 0.4) is 0 Å². The molecular formula is C14H22ClFN2O2S. The van der Waals surface area contributed by atoms with Crippen molar-refractivity contribution in [3.05, 3.63) is 28.5 Å². The van der Waals surface area contributed by atoms with E-state index in [0.717, 1.165) is 12.5 Å². The summed E-state index contributed by atoms with van der Waals surface area (Å²) in [6, 6.07) is 2.35. The van der Waals surface area contributed by atoms with Gasteiger partial charge >= 0.3 is 0 Å². The quantitative estimate of drug-likeness (QED) is 0.804. The fraction of sp³-hybridized carbons (Fsp3) is 0.571. The first-order chi connectivity index (χ1) is 9.63. The van der Waals surface area contributed by atoms with E-state index in [1.165, 1.54) is 6.07 Å². The van der Waals surface area contributed by atoms with Gasteiger partial charge in [-0.25, -0.2) is 17.5 Å². The van der Waals surface area contributed by atoms with E-state index in [-0.39, 0.29) is 16.5 Å². The summed E-state index contributed by atoms with van der Waals surface area (Å²) in [7, 11) is -2.12. The van der Waals surface area contributed by atoms with Crippen molar-refractivity contribution in [2.75, 3.05) is 7.05 Å². The van der Waals surface area contributed by atoms with E-state index in [0.29, 0.717) is 12.0 Å². The molecule has 0 radical (unpaired) electrons. The highest BCUT2D eigenvalue weighted by Crippen LogP contribution is 2.25. The molecular weight excluding hydrogens is 315 g/mol. The molecule has 21 heavy (non-hydrogen) atoms. The maximum Gasteiger partial charge on any atom is 0.241 e. The topological polar surface area (TPSA) is 58.2 Å². The first-order valence-corrected chi connectivity index (χ1v) is 8.65. The Morgan fingerprint density at radius 2 is 1.95 bits per heavy atom. The smallest absolute Gasteiger partial charge is 0.241 e. The number of hydrogen-bond acceptors (Lipinski definition) is 3. The molecule has 1 aromatic rings. The molecule has 1 aromatic carbocycles. The molecule has 0 aliphatic carbocycles. The molecule has 7 heteroatoms. The van der Waals surface area contributed by atoms with Crippen LogP contribution in [0.2, 0.25) is 5.02 Å². The Hall–Kier alpha value is -0.690. The molecule has 0 saturated carbocycles. The van der Waals surface area contributed by atoms with Crippen LogP contribution in [0.5, 0.6) is 0 Å². The largest absolute Gasteiger partial charge is 0.316 e. The number of hydrogen-bond donors (Lipinski definition) is 2. The number of rotatable bonds is 7. The van der Waals surface area contributed by atoms with Gasteiger partial charge in [0, 0.05) is 12.1 Å². The molecule has 0 bridgehead atoms. The van der Waals surface area contributed by atoms with Crippen molar-refractivity contribution in [3.63, 3.8) is 0 Å². The minimum Gasteiger partial charge on any atom is -0.316 e. The van der Waals surface area contributed by atoms with Gasteiger partial charge in [-0.15, -0.1) is 0 Å². The zero-order valence-corrected chi connectivity index (χ0v) is 14.3. The van der Waals surface area contributed by atoms with Crippen LogP contribution in [-0.4, -0.2) is 21.0 Å². The summed E-state index contributed by atoms with van der Waals surface area (Å²) in [5.74, 6) is -0.738. The van der Waals surface area contributed by atoms with Gasteiger partial charge in [0.2, 0.25) is 10.0 Å². The van der Waals surface area contributed by atoms with E-state index in [1.807, 2.05) is 6.92 Å². The Kier molecular flexibility index (Phi) is 6.16. The molecule has 0 spiro atoms. The molecule has 0 aliphatic heterocycles. The molecule has 0 aromatic heterocycles. The van der Waals surface area contributed by atoms with Crippen molar-refractivity contribution in [2.45, 2.75) is 50.6 Å². The molecule has 0 fully saturated rings.